The molecular formula is C13H17ClN4. The van der Waals surface area contributed by atoms with E-state index in [-0.39, 0.29) is 0 Å². The molecule has 0 aromatic carbocycles. The van der Waals surface area contributed by atoms with Gasteiger partial charge in [0.25, 0.3) is 0 Å². The SMILES string of the molecule is CCCn1cncc1CNc1ccc(Cl)nc1C. The number of aryl methyl sites for hydroxylation is 2. The topological polar surface area (TPSA) is 42.7 Å². The molecule has 96 valence electrons. The molecule has 0 aliphatic rings. The summed E-state index contributed by atoms with van der Waals surface area (Å²) in [7, 11) is 0. The Labute approximate surface area is 112 Å². The Bertz CT molecular complexity index is 521. The van der Waals surface area contributed by atoms with Crippen molar-refractivity contribution in [2.45, 2.75) is 33.4 Å². The third kappa shape index (κ3) is 3.01. The van der Waals surface area contributed by atoms with Gasteiger partial charge >= 0.3 is 0 Å². The van der Waals surface area contributed by atoms with Crippen LogP contribution < -0.4 is 5.32 Å². The van der Waals surface area contributed by atoms with Crippen LogP contribution >= 0.6 is 11.6 Å². The number of rotatable bonds is 5. The Balaban J connectivity index is 2.04. The summed E-state index contributed by atoms with van der Waals surface area (Å²) >= 11 is 5.83. The quantitative estimate of drug-likeness (QED) is 0.843. The van der Waals surface area contributed by atoms with Gasteiger partial charge in [0, 0.05) is 12.7 Å². The van der Waals surface area contributed by atoms with Crippen molar-refractivity contribution in [1.29, 1.82) is 0 Å². The fourth-order valence-electron chi connectivity index (χ4n) is 1.84. The third-order valence-corrected chi connectivity index (χ3v) is 2.99. The molecule has 18 heavy (non-hydrogen) atoms. The number of hydrogen-bond donors (Lipinski definition) is 1. The first kappa shape index (κ1) is 12.9. The van der Waals surface area contributed by atoms with Crippen molar-refractivity contribution in [2.75, 3.05) is 5.32 Å². The second-order valence-electron chi connectivity index (χ2n) is 4.20. The Morgan fingerprint density at radius 1 is 1.39 bits per heavy atom. The van der Waals surface area contributed by atoms with Gasteiger partial charge in [-0.25, -0.2) is 9.97 Å². The third-order valence-electron chi connectivity index (χ3n) is 2.77. The maximum Gasteiger partial charge on any atom is 0.129 e. The second-order valence-corrected chi connectivity index (χ2v) is 4.59. The number of halogens is 1. The van der Waals surface area contributed by atoms with Crippen LogP contribution in [0.3, 0.4) is 0 Å². The molecule has 2 rings (SSSR count). The molecule has 2 heterocycles. The van der Waals surface area contributed by atoms with E-state index >= 15 is 0 Å². The van der Waals surface area contributed by atoms with Crippen LogP contribution in [0.15, 0.2) is 24.7 Å². The fourth-order valence-corrected chi connectivity index (χ4v) is 2.03. The summed E-state index contributed by atoms with van der Waals surface area (Å²) in [6.07, 6.45) is 4.86. The molecule has 0 spiro atoms. The maximum absolute atomic E-state index is 5.83. The van der Waals surface area contributed by atoms with E-state index in [9.17, 15) is 0 Å². The summed E-state index contributed by atoms with van der Waals surface area (Å²) < 4.78 is 2.16. The van der Waals surface area contributed by atoms with Gasteiger partial charge in [0.2, 0.25) is 0 Å². The number of nitrogens with one attached hydrogen (secondary N) is 1. The van der Waals surface area contributed by atoms with Gasteiger partial charge in [-0.1, -0.05) is 18.5 Å². The lowest BCUT2D eigenvalue weighted by molar-refractivity contribution is 0.651. The molecule has 0 saturated carbocycles. The van der Waals surface area contributed by atoms with Crippen molar-refractivity contribution in [3.8, 4) is 0 Å². The predicted octanol–water partition coefficient (Wildman–Crippen LogP) is 3.26. The molecule has 0 fully saturated rings. The number of anilines is 1. The van der Waals surface area contributed by atoms with Gasteiger partial charge in [0.05, 0.1) is 29.9 Å². The van der Waals surface area contributed by atoms with E-state index in [1.54, 1.807) is 6.07 Å². The number of hydrogen-bond acceptors (Lipinski definition) is 3. The van der Waals surface area contributed by atoms with Crippen molar-refractivity contribution < 1.29 is 0 Å². The summed E-state index contributed by atoms with van der Waals surface area (Å²) in [6, 6.07) is 3.74. The molecular weight excluding hydrogens is 248 g/mol. The van der Waals surface area contributed by atoms with Gasteiger partial charge in [-0.05, 0) is 25.5 Å². The zero-order valence-corrected chi connectivity index (χ0v) is 11.4. The van der Waals surface area contributed by atoms with Gasteiger partial charge < -0.3 is 9.88 Å². The van der Waals surface area contributed by atoms with Crippen LogP contribution in [0.1, 0.15) is 24.7 Å². The van der Waals surface area contributed by atoms with Crippen molar-refractivity contribution in [3.05, 3.63) is 41.2 Å². The highest BCUT2D eigenvalue weighted by atomic mass is 35.5. The average Bonchev–Trinajstić information content (AvgIpc) is 2.76. The Morgan fingerprint density at radius 3 is 2.94 bits per heavy atom. The van der Waals surface area contributed by atoms with Crippen molar-refractivity contribution in [3.63, 3.8) is 0 Å². The molecule has 0 aliphatic carbocycles. The van der Waals surface area contributed by atoms with E-state index in [2.05, 4.69) is 26.8 Å². The predicted molar refractivity (Wildman–Crippen MR) is 73.8 cm³/mol. The van der Waals surface area contributed by atoms with Crippen molar-refractivity contribution >= 4 is 17.3 Å². The molecule has 0 radical (unpaired) electrons. The highest BCUT2D eigenvalue weighted by Gasteiger charge is 2.03. The van der Waals surface area contributed by atoms with Crippen LogP contribution in [0.25, 0.3) is 0 Å². The molecule has 0 saturated heterocycles. The van der Waals surface area contributed by atoms with Crippen LogP contribution in [0, 0.1) is 6.92 Å². The lowest BCUT2D eigenvalue weighted by atomic mass is 10.3. The van der Waals surface area contributed by atoms with E-state index in [0.717, 1.165) is 30.9 Å². The first-order valence-electron chi connectivity index (χ1n) is 6.06. The summed E-state index contributed by atoms with van der Waals surface area (Å²) in [5, 5.41) is 3.88. The molecule has 2 aromatic heterocycles. The normalized spacial score (nSPS) is 10.6. The summed E-state index contributed by atoms with van der Waals surface area (Å²) in [5.41, 5.74) is 3.08. The zero-order valence-electron chi connectivity index (χ0n) is 10.7. The summed E-state index contributed by atoms with van der Waals surface area (Å²) in [6.45, 7) is 5.83. The van der Waals surface area contributed by atoms with E-state index < -0.39 is 0 Å². The number of nitrogens with zero attached hydrogens (tertiary/aromatic N) is 3. The van der Waals surface area contributed by atoms with Gasteiger partial charge in [0.1, 0.15) is 5.15 Å². The van der Waals surface area contributed by atoms with Crippen LogP contribution in [-0.4, -0.2) is 14.5 Å². The Morgan fingerprint density at radius 2 is 2.22 bits per heavy atom. The summed E-state index contributed by atoms with van der Waals surface area (Å²) in [5.74, 6) is 0. The molecule has 0 aliphatic heterocycles. The van der Waals surface area contributed by atoms with Crippen molar-refractivity contribution in [2.24, 2.45) is 0 Å². The lowest BCUT2D eigenvalue weighted by Gasteiger charge is -2.10. The molecule has 0 atom stereocenters. The van der Waals surface area contributed by atoms with Crippen LogP contribution in [-0.2, 0) is 13.1 Å². The minimum absolute atomic E-state index is 0.522. The second kappa shape index (κ2) is 5.87. The van der Waals surface area contributed by atoms with Crippen molar-refractivity contribution in [1.82, 2.24) is 14.5 Å². The molecule has 5 heteroatoms. The van der Waals surface area contributed by atoms with E-state index in [1.807, 2.05) is 25.5 Å². The number of aromatic nitrogens is 3. The molecule has 4 nitrogen and oxygen atoms in total. The zero-order chi connectivity index (χ0) is 13.0. The minimum atomic E-state index is 0.522. The van der Waals surface area contributed by atoms with E-state index in [4.69, 9.17) is 11.6 Å². The minimum Gasteiger partial charge on any atom is -0.378 e. The molecule has 2 aromatic rings. The Kier molecular flexibility index (Phi) is 4.20. The van der Waals surface area contributed by atoms with Gasteiger partial charge in [-0.15, -0.1) is 0 Å². The smallest absolute Gasteiger partial charge is 0.129 e. The number of imidazole rings is 1. The summed E-state index contributed by atoms with van der Waals surface area (Å²) in [4.78, 5) is 8.39. The standard InChI is InChI=1S/C13H17ClN4/c1-3-6-18-9-15-7-11(18)8-16-12-4-5-13(14)17-10(12)2/h4-5,7,9,16H,3,6,8H2,1-2H3. The van der Waals surface area contributed by atoms with E-state index in [1.165, 1.54) is 5.69 Å². The average molecular weight is 265 g/mol. The van der Waals surface area contributed by atoms with E-state index in [0.29, 0.717) is 5.15 Å². The monoisotopic (exact) mass is 264 g/mol. The first-order chi connectivity index (χ1) is 8.70. The molecule has 0 bridgehead atoms. The molecule has 0 amide bonds. The molecule has 0 unspecified atom stereocenters. The maximum atomic E-state index is 5.83. The fraction of sp³-hybridized carbons (Fsp3) is 0.385. The van der Waals surface area contributed by atoms with Crippen LogP contribution in [0.4, 0.5) is 5.69 Å². The highest BCUT2D eigenvalue weighted by molar-refractivity contribution is 6.29. The lowest BCUT2D eigenvalue weighted by Crippen LogP contribution is -2.08. The Hall–Kier alpha value is -1.55. The number of pyridine rings is 1. The van der Waals surface area contributed by atoms with Crippen LogP contribution in [0.2, 0.25) is 5.15 Å². The largest absolute Gasteiger partial charge is 0.378 e. The van der Waals surface area contributed by atoms with Gasteiger partial charge in [0.15, 0.2) is 0 Å². The van der Waals surface area contributed by atoms with Gasteiger partial charge in [-0.3, -0.25) is 0 Å². The molecule has 1 N–H and O–H groups in total. The highest BCUT2D eigenvalue weighted by Crippen LogP contribution is 2.16. The van der Waals surface area contributed by atoms with Gasteiger partial charge in [-0.2, -0.15) is 0 Å². The van der Waals surface area contributed by atoms with Crippen LogP contribution in [0.5, 0.6) is 0 Å². The first-order valence-corrected chi connectivity index (χ1v) is 6.44.